The number of rotatable bonds is 4. The molecule has 2 atom stereocenters. The lowest BCUT2D eigenvalue weighted by Gasteiger charge is -2.17. The molecule has 1 heterocycles. The lowest BCUT2D eigenvalue weighted by molar-refractivity contribution is -0.124. The average molecular weight is 287 g/mol. The third-order valence-corrected chi connectivity index (χ3v) is 4.48. The van der Waals surface area contributed by atoms with Crippen LogP contribution in [-0.4, -0.2) is 36.5 Å². The van der Waals surface area contributed by atoms with Crippen molar-refractivity contribution in [2.45, 2.75) is 32.2 Å². The van der Waals surface area contributed by atoms with Gasteiger partial charge in [-0.1, -0.05) is 25.1 Å². The Morgan fingerprint density at radius 3 is 2.90 bits per heavy atom. The van der Waals surface area contributed by atoms with Crippen LogP contribution in [0.25, 0.3) is 0 Å². The molecule has 112 valence electrons. The smallest absolute Gasteiger partial charge is 0.324 e. The van der Waals surface area contributed by atoms with Gasteiger partial charge in [-0.15, -0.1) is 0 Å². The lowest BCUT2D eigenvalue weighted by Crippen LogP contribution is -2.37. The summed E-state index contributed by atoms with van der Waals surface area (Å²) in [6.07, 6.45) is 1.07. The van der Waals surface area contributed by atoms with E-state index in [1.165, 1.54) is 21.6 Å². The molecule has 1 aliphatic heterocycles. The standard InChI is InChI=1S/C16H21N3O2/c1-10-4-3-5-12-13(8-11(2)15(10)12)17-6-7-19-14(20)9-18-16(19)21/h3-5,11,13,17H,6-9H2,1-2H3,(H,18,21)/t11-,13-/m1/s1. The zero-order valence-electron chi connectivity index (χ0n) is 12.5. The predicted molar refractivity (Wildman–Crippen MR) is 80.1 cm³/mol. The minimum absolute atomic E-state index is 0.126. The van der Waals surface area contributed by atoms with E-state index in [0.717, 1.165) is 6.42 Å². The van der Waals surface area contributed by atoms with Crippen LogP contribution in [0.2, 0.25) is 0 Å². The largest absolute Gasteiger partial charge is 0.329 e. The molecule has 2 aliphatic rings. The van der Waals surface area contributed by atoms with Gasteiger partial charge in [0.1, 0.15) is 0 Å². The number of fused-ring (bicyclic) bond motifs is 1. The van der Waals surface area contributed by atoms with E-state index in [1.54, 1.807) is 0 Å². The Morgan fingerprint density at radius 1 is 1.38 bits per heavy atom. The molecule has 1 saturated heterocycles. The first kappa shape index (κ1) is 14.1. The third-order valence-electron chi connectivity index (χ3n) is 4.48. The van der Waals surface area contributed by atoms with Crippen molar-refractivity contribution in [2.75, 3.05) is 19.6 Å². The van der Waals surface area contributed by atoms with E-state index in [2.05, 4.69) is 42.7 Å². The molecule has 1 fully saturated rings. The van der Waals surface area contributed by atoms with Gasteiger partial charge in [-0.3, -0.25) is 9.69 Å². The Hall–Kier alpha value is -1.88. The number of imide groups is 1. The number of hydrogen-bond acceptors (Lipinski definition) is 3. The Bertz CT molecular complexity index is 569. The van der Waals surface area contributed by atoms with Gasteiger partial charge in [0.25, 0.3) is 0 Å². The fraction of sp³-hybridized carbons (Fsp3) is 0.500. The molecule has 5 heteroatoms. The van der Waals surface area contributed by atoms with Crippen LogP contribution in [0, 0.1) is 6.92 Å². The van der Waals surface area contributed by atoms with Crippen LogP contribution in [0.1, 0.15) is 42.0 Å². The molecule has 0 aromatic heterocycles. The van der Waals surface area contributed by atoms with E-state index in [-0.39, 0.29) is 18.5 Å². The van der Waals surface area contributed by atoms with Gasteiger partial charge in [0.05, 0.1) is 6.54 Å². The van der Waals surface area contributed by atoms with E-state index in [1.807, 2.05) is 0 Å². The number of aryl methyl sites for hydroxylation is 1. The summed E-state index contributed by atoms with van der Waals surface area (Å²) < 4.78 is 0. The maximum Gasteiger partial charge on any atom is 0.324 e. The Labute approximate surface area is 124 Å². The highest BCUT2D eigenvalue weighted by Crippen LogP contribution is 2.41. The number of carbonyl (C=O) groups excluding carboxylic acids is 2. The van der Waals surface area contributed by atoms with Gasteiger partial charge in [-0.25, -0.2) is 4.79 Å². The van der Waals surface area contributed by atoms with Gasteiger partial charge in [-0.2, -0.15) is 0 Å². The molecule has 0 radical (unpaired) electrons. The molecule has 1 aromatic carbocycles. The molecule has 1 aromatic rings. The van der Waals surface area contributed by atoms with Gasteiger partial charge >= 0.3 is 6.03 Å². The summed E-state index contributed by atoms with van der Waals surface area (Å²) >= 11 is 0. The predicted octanol–water partition coefficient (Wildman–Crippen LogP) is 1.68. The number of hydrogen-bond donors (Lipinski definition) is 2. The fourth-order valence-corrected chi connectivity index (χ4v) is 3.50. The molecule has 0 bridgehead atoms. The number of benzene rings is 1. The summed E-state index contributed by atoms with van der Waals surface area (Å²) in [5.41, 5.74) is 4.16. The molecule has 1 aliphatic carbocycles. The molecule has 0 unspecified atom stereocenters. The van der Waals surface area contributed by atoms with Crippen LogP contribution in [0.4, 0.5) is 4.79 Å². The normalized spacial score (nSPS) is 24.4. The van der Waals surface area contributed by atoms with Crippen molar-refractivity contribution < 1.29 is 9.59 Å². The quantitative estimate of drug-likeness (QED) is 0.828. The number of amides is 3. The summed E-state index contributed by atoms with van der Waals surface area (Å²) in [6.45, 7) is 5.60. The summed E-state index contributed by atoms with van der Waals surface area (Å²) in [5.74, 6) is 0.410. The molecule has 2 N–H and O–H groups in total. The first-order valence-corrected chi connectivity index (χ1v) is 7.49. The first-order chi connectivity index (χ1) is 10.1. The van der Waals surface area contributed by atoms with Crippen LogP contribution in [0.15, 0.2) is 18.2 Å². The second kappa shape index (κ2) is 5.48. The highest BCUT2D eigenvalue weighted by atomic mass is 16.2. The van der Waals surface area contributed by atoms with Crippen molar-refractivity contribution in [3.8, 4) is 0 Å². The minimum Gasteiger partial charge on any atom is -0.329 e. The van der Waals surface area contributed by atoms with Crippen LogP contribution in [-0.2, 0) is 4.79 Å². The molecule has 5 nitrogen and oxygen atoms in total. The second-order valence-electron chi connectivity index (χ2n) is 5.93. The molecule has 0 saturated carbocycles. The molecule has 3 amide bonds. The molecule has 21 heavy (non-hydrogen) atoms. The van der Waals surface area contributed by atoms with Crippen molar-refractivity contribution in [3.05, 3.63) is 34.9 Å². The van der Waals surface area contributed by atoms with Crippen LogP contribution >= 0.6 is 0 Å². The summed E-state index contributed by atoms with van der Waals surface area (Å²) in [6, 6.07) is 6.47. The average Bonchev–Trinajstić information content (AvgIpc) is 2.94. The van der Waals surface area contributed by atoms with Crippen LogP contribution < -0.4 is 10.6 Å². The monoisotopic (exact) mass is 287 g/mol. The number of nitrogens with zero attached hydrogens (tertiary/aromatic N) is 1. The molecule has 3 rings (SSSR count). The highest BCUT2D eigenvalue weighted by molar-refractivity contribution is 6.01. The van der Waals surface area contributed by atoms with Gasteiger partial charge in [0.15, 0.2) is 0 Å². The van der Waals surface area contributed by atoms with Crippen molar-refractivity contribution in [2.24, 2.45) is 0 Å². The lowest BCUT2D eigenvalue weighted by atomic mass is 9.98. The van der Waals surface area contributed by atoms with Crippen LogP contribution in [0.3, 0.4) is 0 Å². The molecular formula is C16H21N3O2. The first-order valence-electron chi connectivity index (χ1n) is 7.49. The third kappa shape index (κ3) is 2.53. The van der Waals surface area contributed by atoms with Gasteiger partial charge in [-0.05, 0) is 36.0 Å². The topological polar surface area (TPSA) is 61.4 Å². The maximum atomic E-state index is 11.5. The van der Waals surface area contributed by atoms with E-state index < -0.39 is 0 Å². The summed E-state index contributed by atoms with van der Waals surface area (Å²) in [5, 5.41) is 6.03. The van der Waals surface area contributed by atoms with E-state index in [9.17, 15) is 9.59 Å². The van der Waals surface area contributed by atoms with Crippen molar-refractivity contribution in [1.29, 1.82) is 0 Å². The van der Waals surface area contributed by atoms with Crippen molar-refractivity contribution in [3.63, 3.8) is 0 Å². The van der Waals surface area contributed by atoms with Crippen molar-refractivity contribution in [1.82, 2.24) is 15.5 Å². The summed E-state index contributed by atoms with van der Waals surface area (Å²) in [7, 11) is 0. The number of nitrogens with one attached hydrogen (secondary N) is 2. The SMILES string of the molecule is Cc1cccc2c1[C@H](C)C[C@H]2NCCN1C(=O)CNC1=O. The fourth-order valence-electron chi connectivity index (χ4n) is 3.50. The van der Waals surface area contributed by atoms with E-state index >= 15 is 0 Å². The maximum absolute atomic E-state index is 11.5. The van der Waals surface area contributed by atoms with Crippen LogP contribution in [0.5, 0.6) is 0 Å². The Balaban J connectivity index is 1.62. The highest BCUT2D eigenvalue weighted by Gasteiger charge is 2.30. The van der Waals surface area contributed by atoms with Crippen molar-refractivity contribution >= 4 is 11.9 Å². The number of urea groups is 1. The zero-order valence-corrected chi connectivity index (χ0v) is 12.5. The van der Waals surface area contributed by atoms with Gasteiger partial charge in [0.2, 0.25) is 5.91 Å². The minimum atomic E-state index is -0.280. The second-order valence-corrected chi connectivity index (χ2v) is 5.93. The number of carbonyl (C=O) groups is 2. The molecular weight excluding hydrogens is 266 g/mol. The Kier molecular flexibility index (Phi) is 3.68. The molecule has 0 spiro atoms. The van der Waals surface area contributed by atoms with E-state index in [0.29, 0.717) is 25.0 Å². The van der Waals surface area contributed by atoms with E-state index in [4.69, 9.17) is 0 Å². The Morgan fingerprint density at radius 2 is 2.19 bits per heavy atom. The van der Waals surface area contributed by atoms with Gasteiger partial charge in [0, 0.05) is 19.1 Å². The summed E-state index contributed by atoms with van der Waals surface area (Å²) in [4.78, 5) is 24.3. The van der Waals surface area contributed by atoms with Gasteiger partial charge < -0.3 is 10.6 Å². The zero-order chi connectivity index (χ0) is 15.0.